The third kappa shape index (κ3) is 2.30. The molecule has 1 heterocycles. The smallest absolute Gasteiger partial charge is 0.146 e. The van der Waals surface area contributed by atoms with E-state index in [1.165, 1.54) is 12.1 Å². The molecule has 0 aliphatic rings. The number of halogens is 1. The molecular formula is C13H16FN3. The Bertz CT molecular complexity index is 538. The maximum absolute atomic E-state index is 13.2. The first kappa shape index (κ1) is 11.6. The van der Waals surface area contributed by atoms with Crippen LogP contribution in [0.15, 0.2) is 30.3 Å². The summed E-state index contributed by atoms with van der Waals surface area (Å²) in [5.74, 6) is 0.182. The van der Waals surface area contributed by atoms with E-state index in [2.05, 4.69) is 5.10 Å². The third-order valence-electron chi connectivity index (χ3n) is 2.48. The second kappa shape index (κ2) is 3.87. The van der Waals surface area contributed by atoms with E-state index in [4.69, 9.17) is 5.73 Å². The summed E-state index contributed by atoms with van der Waals surface area (Å²) in [6.45, 7) is 6.09. The van der Waals surface area contributed by atoms with Crippen molar-refractivity contribution in [2.24, 2.45) is 0 Å². The van der Waals surface area contributed by atoms with Crippen LogP contribution in [0, 0.1) is 5.82 Å². The van der Waals surface area contributed by atoms with Gasteiger partial charge in [-0.25, -0.2) is 4.39 Å². The number of rotatable bonds is 1. The second-order valence-electron chi connectivity index (χ2n) is 5.05. The van der Waals surface area contributed by atoms with Crippen molar-refractivity contribution >= 4 is 5.82 Å². The molecule has 2 aromatic rings. The third-order valence-corrected chi connectivity index (χ3v) is 2.48. The van der Waals surface area contributed by atoms with E-state index >= 15 is 0 Å². The summed E-state index contributed by atoms with van der Waals surface area (Å²) in [7, 11) is 0. The van der Waals surface area contributed by atoms with Gasteiger partial charge in [-0.1, -0.05) is 12.1 Å². The first-order valence-corrected chi connectivity index (χ1v) is 5.50. The van der Waals surface area contributed by atoms with Gasteiger partial charge in [-0.15, -0.1) is 0 Å². The van der Waals surface area contributed by atoms with E-state index in [0.717, 1.165) is 11.3 Å². The van der Waals surface area contributed by atoms with Gasteiger partial charge in [0.15, 0.2) is 0 Å². The monoisotopic (exact) mass is 233 g/mol. The van der Waals surface area contributed by atoms with Crippen LogP contribution in [0.2, 0.25) is 0 Å². The summed E-state index contributed by atoms with van der Waals surface area (Å²) in [6, 6.07) is 8.20. The molecule has 0 radical (unpaired) electrons. The van der Waals surface area contributed by atoms with Crippen LogP contribution in [0.5, 0.6) is 0 Å². The van der Waals surface area contributed by atoms with Gasteiger partial charge in [-0.3, -0.25) is 4.68 Å². The minimum Gasteiger partial charge on any atom is -0.382 e. The van der Waals surface area contributed by atoms with Crippen LogP contribution < -0.4 is 5.73 Å². The summed E-state index contributed by atoms with van der Waals surface area (Å²) in [4.78, 5) is 0. The maximum Gasteiger partial charge on any atom is 0.146 e. The zero-order valence-electron chi connectivity index (χ0n) is 10.2. The molecule has 2 N–H and O–H groups in total. The Morgan fingerprint density at radius 3 is 2.53 bits per heavy atom. The molecule has 0 saturated heterocycles. The molecule has 0 aliphatic heterocycles. The number of nitrogens with zero attached hydrogens (tertiary/aromatic N) is 2. The molecule has 0 saturated carbocycles. The molecule has 0 amide bonds. The molecule has 1 aromatic carbocycles. The molecule has 0 fully saturated rings. The Morgan fingerprint density at radius 1 is 1.24 bits per heavy atom. The molecule has 4 heteroatoms. The number of hydrogen-bond donors (Lipinski definition) is 1. The SMILES string of the molecule is CC(C)(C)n1nc(N)cc1-c1cccc(F)c1. The fraction of sp³-hybridized carbons (Fsp3) is 0.308. The Hall–Kier alpha value is -1.84. The Balaban J connectivity index is 2.60. The number of hydrogen-bond acceptors (Lipinski definition) is 2. The molecule has 90 valence electrons. The topological polar surface area (TPSA) is 43.8 Å². The van der Waals surface area contributed by atoms with Crippen LogP contribution in [0.4, 0.5) is 10.2 Å². The van der Waals surface area contributed by atoms with Crippen molar-refractivity contribution < 1.29 is 4.39 Å². The average molecular weight is 233 g/mol. The summed E-state index contributed by atoms with van der Waals surface area (Å²) in [5.41, 5.74) is 7.14. The van der Waals surface area contributed by atoms with Gasteiger partial charge >= 0.3 is 0 Å². The summed E-state index contributed by atoms with van der Waals surface area (Å²) in [6.07, 6.45) is 0. The van der Waals surface area contributed by atoms with Crippen LogP contribution in [0.1, 0.15) is 20.8 Å². The highest BCUT2D eigenvalue weighted by atomic mass is 19.1. The van der Waals surface area contributed by atoms with Gasteiger partial charge in [0, 0.05) is 11.6 Å². The lowest BCUT2D eigenvalue weighted by molar-refractivity contribution is 0.361. The average Bonchev–Trinajstić information content (AvgIpc) is 2.60. The maximum atomic E-state index is 13.2. The van der Waals surface area contributed by atoms with E-state index < -0.39 is 0 Å². The quantitative estimate of drug-likeness (QED) is 0.822. The zero-order chi connectivity index (χ0) is 12.6. The minimum absolute atomic E-state index is 0.195. The van der Waals surface area contributed by atoms with Crippen molar-refractivity contribution in [1.82, 2.24) is 9.78 Å². The standard InChI is InChI=1S/C13H16FN3/c1-13(2,3)17-11(8-12(15)16-17)9-5-4-6-10(14)7-9/h4-8H,1-3H3,(H2,15,16). The van der Waals surface area contributed by atoms with E-state index in [1.807, 2.05) is 31.5 Å². The van der Waals surface area contributed by atoms with Crippen molar-refractivity contribution in [2.45, 2.75) is 26.3 Å². The molecule has 2 rings (SSSR count). The number of nitrogens with two attached hydrogens (primary N) is 1. The Morgan fingerprint density at radius 2 is 1.94 bits per heavy atom. The van der Waals surface area contributed by atoms with Crippen LogP contribution in [-0.4, -0.2) is 9.78 Å². The van der Waals surface area contributed by atoms with Gasteiger partial charge < -0.3 is 5.73 Å². The number of benzene rings is 1. The first-order valence-electron chi connectivity index (χ1n) is 5.50. The first-order chi connectivity index (χ1) is 7.88. The minimum atomic E-state index is -0.261. The highest BCUT2D eigenvalue weighted by Crippen LogP contribution is 2.27. The fourth-order valence-corrected chi connectivity index (χ4v) is 1.76. The summed E-state index contributed by atoms with van der Waals surface area (Å²) < 4.78 is 15.0. The van der Waals surface area contributed by atoms with E-state index in [-0.39, 0.29) is 11.4 Å². The normalized spacial score (nSPS) is 11.8. The van der Waals surface area contributed by atoms with Crippen molar-refractivity contribution in [3.63, 3.8) is 0 Å². The molecule has 0 bridgehead atoms. The molecule has 17 heavy (non-hydrogen) atoms. The lowest BCUT2D eigenvalue weighted by atomic mass is 10.1. The molecule has 0 spiro atoms. The van der Waals surface area contributed by atoms with Crippen LogP contribution >= 0.6 is 0 Å². The number of aromatic nitrogens is 2. The van der Waals surface area contributed by atoms with E-state index in [9.17, 15) is 4.39 Å². The predicted molar refractivity (Wildman–Crippen MR) is 67.0 cm³/mol. The molecule has 1 aromatic heterocycles. The lowest BCUT2D eigenvalue weighted by Crippen LogP contribution is -2.24. The molecular weight excluding hydrogens is 217 g/mol. The Labute approximate surface area is 100 Å². The fourth-order valence-electron chi connectivity index (χ4n) is 1.76. The van der Waals surface area contributed by atoms with E-state index in [1.54, 1.807) is 12.1 Å². The number of anilines is 1. The highest BCUT2D eigenvalue weighted by molar-refractivity contribution is 5.63. The highest BCUT2D eigenvalue weighted by Gasteiger charge is 2.19. The molecule has 0 unspecified atom stereocenters. The van der Waals surface area contributed by atoms with Crippen LogP contribution in [0.3, 0.4) is 0 Å². The Kier molecular flexibility index (Phi) is 2.65. The van der Waals surface area contributed by atoms with Gasteiger partial charge in [0.05, 0.1) is 11.2 Å². The molecule has 0 aliphatic carbocycles. The van der Waals surface area contributed by atoms with Gasteiger partial charge in [0.25, 0.3) is 0 Å². The van der Waals surface area contributed by atoms with E-state index in [0.29, 0.717) is 5.82 Å². The van der Waals surface area contributed by atoms with Crippen molar-refractivity contribution in [3.8, 4) is 11.3 Å². The van der Waals surface area contributed by atoms with Gasteiger partial charge in [0.1, 0.15) is 11.6 Å². The van der Waals surface area contributed by atoms with Gasteiger partial charge in [-0.2, -0.15) is 5.10 Å². The van der Waals surface area contributed by atoms with Crippen molar-refractivity contribution in [3.05, 3.63) is 36.1 Å². The van der Waals surface area contributed by atoms with Crippen LogP contribution in [-0.2, 0) is 5.54 Å². The van der Waals surface area contributed by atoms with Crippen molar-refractivity contribution in [1.29, 1.82) is 0 Å². The summed E-state index contributed by atoms with van der Waals surface area (Å²) in [5, 5.41) is 4.26. The van der Waals surface area contributed by atoms with Crippen LogP contribution in [0.25, 0.3) is 11.3 Å². The van der Waals surface area contributed by atoms with Gasteiger partial charge in [-0.05, 0) is 32.9 Å². The zero-order valence-corrected chi connectivity index (χ0v) is 10.2. The second-order valence-corrected chi connectivity index (χ2v) is 5.05. The molecule has 3 nitrogen and oxygen atoms in total. The largest absolute Gasteiger partial charge is 0.382 e. The van der Waals surface area contributed by atoms with Gasteiger partial charge in [0.2, 0.25) is 0 Å². The predicted octanol–water partition coefficient (Wildman–Crippen LogP) is 3.03. The summed E-state index contributed by atoms with van der Waals surface area (Å²) >= 11 is 0. The van der Waals surface area contributed by atoms with Crippen molar-refractivity contribution in [2.75, 3.05) is 5.73 Å². The lowest BCUT2D eigenvalue weighted by Gasteiger charge is -2.22. The number of nitrogen functional groups attached to an aromatic ring is 1. The molecule has 0 atom stereocenters.